The number of nitrogens with zero attached hydrogens (tertiary/aromatic N) is 2. The molecule has 6 nitrogen and oxygen atoms in total. The monoisotopic (exact) mass is 365 g/mol. The molecule has 1 unspecified atom stereocenters. The lowest BCUT2D eigenvalue weighted by atomic mass is 10.1. The van der Waals surface area contributed by atoms with Crippen LogP contribution in [0.25, 0.3) is 0 Å². The zero-order chi connectivity index (χ0) is 15.9. The second-order valence-corrected chi connectivity index (χ2v) is 6.09. The molecule has 0 saturated carbocycles. The molecule has 1 aromatic rings. The number of hydrogen-bond acceptors (Lipinski definition) is 3. The van der Waals surface area contributed by atoms with Gasteiger partial charge in [0.15, 0.2) is 0 Å². The largest absolute Gasteiger partial charge is 0.338 e. The Kier molecular flexibility index (Phi) is 3.90. The van der Waals surface area contributed by atoms with E-state index in [9.17, 15) is 14.4 Å². The van der Waals surface area contributed by atoms with E-state index in [0.717, 1.165) is 5.56 Å². The molecule has 2 aliphatic rings. The number of carbonyl (C=O) groups excluding carboxylic acids is 3. The molecule has 2 heterocycles. The molecular weight excluding hydrogens is 350 g/mol. The molecule has 0 radical (unpaired) electrons. The van der Waals surface area contributed by atoms with Gasteiger partial charge in [-0.05, 0) is 19.1 Å². The molecule has 116 valence electrons. The lowest BCUT2D eigenvalue weighted by Crippen LogP contribution is -2.59. The highest BCUT2D eigenvalue weighted by atomic mass is 79.9. The van der Waals surface area contributed by atoms with Crippen LogP contribution in [0.1, 0.15) is 15.9 Å². The molecular formula is C15H16BrN3O3. The zero-order valence-electron chi connectivity index (χ0n) is 12.1. The van der Waals surface area contributed by atoms with E-state index in [1.54, 1.807) is 21.9 Å². The maximum atomic E-state index is 12.7. The minimum Gasteiger partial charge on any atom is -0.338 e. The molecule has 3 rings (SSSR count). The van der Waals surface area contributed by atoms with Crippen LogP contribution in [-0.4, -0.2) is 58.5 Å². The van der Waals surface area contributed by atoms with E-state index >= 15 is 0 Å². The molecule has 1 fully saturated rings. The standard InChI is InChI=1S/C15H16BrN3O3/c1-9-2-3-11-10(6-9)15(22)19-5-4-18(13(20)7-16)8-12(19)14(21)17-11/h2-3,6,12H,4-5,7-8H2,1H3,(H,17,21). The van der Waals surface area contributed by atoms with Gasteiger partial charge < -0.3 is 15.1 Å². The summed E-state index contributed by atoms with van der Waals surface area (Å²) in [5, 5.41) is 3.02. The van der Waals surface area contributed by atoms with Crippen LogP contribution in [0, 0.1) is 6.92 Å². The van der Waals surface area contributed by atoms with Crippen molar-refractivity contribution in [3.63, 3.8) is 0 Å². The lowest BCUT2D eigenvalue weighted by Gasteiger charge is -2.39. The fourth-order valence-electron chi connectivity index (χ4n) is 2.88. The molecule has 1 atom stereocenters. The van der Waals surface area contributed by atoms with E-state index in [1.807, 2.05) is 13.0 Å². The van der Waals surface area contributed by atoms with Crippen molar-refractivity contribution in [2.45, 2.75) is 13.0 Å². The first kappa shape index (κ1) is 15.0. The number of anilines is 1. The number of carbonyl (C=O) groups is 3. The van der Waals surface area contributed by atoms with Gasteiger partial charge in [-0.2, -0.15) is 0 Å². The van der Waals surface area contributed by atoms with Crippen LogP contribution in [0.5, 0.6) is 0 Å². The van der Waals surface area contributed by atoms with Crippen LogP contribution in [0.2, 0.25) is 0 Å². The van der Waals surface area contributed by atoms with Gasteiger partial charge in [-0.1, -0.05) is 27.6 Å². The van der Waals surface area contributed by atoms with E-state index in [0.29, 0.717) is 24.3 Å². The molecule has 22 heavy (non-hydrogen) atoms. The Morgan fingerprint density at radius 2 is 2.14 bits per heavy atom. The minimum atomic E-state index is -0.642. The SMILES string of the molecule is Cc1ccc2c(c1)C(=O)N1CCN(C(=O)CBr)CC1C(=O)N2. The van der Waals surface area contributed by atoms with Gasteiger partial charge in [0.2, 0.25) is 11.8 Å². The number of alkyl halides is 1. The molecule has 2 aliphatic heterocycles. The van der Waals surface area contributed by atoms with E-state index < -0.39 is 6.04 Å². The average Bonchev–Trinajstić information content (AvgIpc) is 2.63. The van der Waals surface area contributed by atoms with Crippen molar-refractivity contribution < 1.29 is 14.4 Å². The smallest absolute Gasteiger partial charge is 0.256 e. The molecule has 0 aliphatic carbocycles. The summed E-state index contributed by atoms with van der Waals surface area (Å²) in [6.07, 6.45) is 0. The summed E-state index contributed by atoms with van der Waals surface area (Å²) < 4.78 is 0. The summed E-state index contributed by atoms with van der Waals surface area (Å²) in [7, 11) is 0. The van der Waals surface area contributed by atoms with E-state index in [4.69, 9.17) is 0 Å². The van der Waals surface area contributed by atoms with Crippen LogP contribution < -0.4 is 5.32 Å². The van der Waals surface area contributed by atoms with Crippen molar-refractivity contribution in [2.24, 2.45) is 0 Å². The first-order valence-corrected chi connectivity index (χ1v) is 8.19. The van der Waals surface area contributed by atoms with Crippen LogP contribution in [0.4, 0.5) is 5.69 Å². The highest BCUT2D eigenvalue weighted by Crippen LogP contribution is 2.26. The Bertz CT molecular complexity index is 661. The molecule has 1 saturated heterocycles. The van der Waals surface area contributed by atoms with Crippen LogP contribution in [0.15, 0.2) is 18.2 Å². The average molecular weight is 366 g/mol. The predicted octanol–water partition coefficient (Wildman–Crippen LogP) is 0.995. The number of piperazine rings is 1. The molecule has 3 amide bonds. The quantitative estimate of drug-likeness (QED) is 0.754. The second kappa shape index (κ2) is 5.72. The molecule has 0 spiro atoms. The third-order valence-electron chi connectivity index (χ3n) is 4.07. The number of aryl methyl sites for hydroxylation is 1. The van der Waals surface area contributed by atoms with Gasteiger partial charge in [0.05, 0.1) is 23.1 Å². The van der Waals surface area contributed by atoms with Crippen LogP contribution in [-0.2, 0) is 9.59 Å². The van der Waals surface area contributed by atoms with Gasteiger partial charge in [-0.3, -0.25) is 14.4 Å². The Morgan fingerprint density at radius 1 is 1.36 bits per heavy atom. The molecule has 1 aromatic carbocycles. The highest BCUT2D eigenvalue weighted by molar-refractivity contribution is 9.09. The van der Waals surface area contributed by atoms with Crippen molar-refractivity contribution in [3.8, 4) is 0 Å². The first-order chi connectivity index (χ1) is 10.5. The number of halogens is 1. The minimum absolute atomic E-state index is 0.0718. The Hall–Kier alpha value is -1.89. The number of fused-ring (bicyclic) bond motifs is 2. The van der Waals surface area contributed by atoms with Crippen LogP contribution in [0.3, 0.4) is 0 Å². The normalized spacial score (nSPS) is 20.9. The summed E-state index contributed by atoms with van der Waals surface area (Å²) in [5.74, 6) is -0.478. The summed E-state index contributed by atoms with van der Waals surface area (Å²) in [5.41, 5.74) is 2.01. The van der Waals surface area contributed by atoms with Gasteiger partial charge in [-0.25, -0.2) is 0 Å². The number of nitrogens with one attached hydrogen (secondary N) is 1. The summed E-state index contributed by atoms with van der Waals surface area (Å²) in [6, 6.07) is 4.76. The number of benzene rings is 1. The molecule has 0 aromatic heterocycles. The highest BCUT2D eigenvalue weighted by Gasteiger charge is 2.40. The Balaban J connectivity index is 1.94. The molecule has 7 heteroatoms. The Morgan fingerprint density at radius 3 is 2.86 bits per heavy atom. The van der Waals surface area contributed by atoms with Gasteiger partial charge in [0.1, 0.15) is 6.04 Å². The van der Waals surface area contributed by atoms with Gasteiger partial charge >= 0.3 is 0 Å². The topological polar surface area (TPSA) is 69.7 Å². The summed E-state index contributed by atoms with van der Waals surface area (Å²) in [4.78, 5) is 40.2. The summed E-state index contributed by atoms with van der Waals surface area (Å²) >= 11 is 3.14. The molecule has 0 bridgehead atoms. The van der Waals surface area contributed by atoms with Crippen molar-refractivity contribution in [1.82, 2.24) is 9.80 Å². The van der Waals surface area contributed by atoms with E-state index in [2.05, 4.69) is 21.2 Å². The third kappa shape index (κ3) is 2.49. The van der Waals surface area contributed by atoms with Crippen LogP contribution >= 0.6 is 15.9 Å². The van der Waals surface area contributed by atoms with Crippen molar-refractivity contribution >= 4 is 39.3 Å². The first-order valence-electron chi connectivity index (χ1n) is 7.07. The maximum Gasteiger partial charge on any atom is 0.256 e. The summed E-state index contributed by atoms with van der Waals surface area (Å²) in [6.45, 7) is 2.95. The fourth-order valence-corrected chi connectivity index (χ4v) is 3.23. The van der Waals surface area contributed by atoms with E-state index in [-0.39, 0.29) is 29.6 Å². The second-order valence-electron chi connectivity index (χ2n) is 5.53. The van der Waals surface area contributed by atoms with Crippen molar-refractivity contribution in [2.75, 3.05) is 30.3 Å². The number of hydrogen-bond donors (Lipinski definition) is 1. The third-order valence-corrected chi connectivity index (χ3v) is 4.55. The van der Waals surface area contributed by atoms with Gasteiger partial charge in [0.25, 0.3) is 5.91 Å². The lowest BCUT2D eigenvalue weighted by molar-refractivity contribution is -0.133. The Labute approximate surface area is 136 Å². The van der Waals surface area contributed by atoms with Gasteiger partial charge in [0, 0.05) is 13.1 Å². The molecule has 1 N–H and O–H groups in total. The van der Waals surface area contributed by atoms with Crippen molar-refractivity contribution in [1.29, 1.82) is 0 Å². The number of rotatable bonds is 1. The fraction of sp³-hybridized carbons (Fsp3) is 0.400. The zero-order valence-corrected chi connectivity index (χ0v) is 13.7. The van der Waals surface area contributed by atoms with Crippen molar-refractivity contribution in [3.05, 3.63) is 29.3 Å². The van der Waals surface area contributed by atoms with Gasteiger partial charge in [-0.15, -0.1) is 0 Å². The predicted molar refractivity (Wildman–Crippen MR) is 85.0 cm³/mol. The number of amides is 3. The van der Waals surface area contributed by atoms with E-state index in [1.165, 1.54) is 0 Å². The maximum absolute atomic E-state index is 12.7.